The van der Waals surface area contributed by atoms with Gasteiger partial charge in [0.15, 0.2) is 0 Å². The van der Waals surface area contributed by atoms with E-state index in [1.54, 1.807) is 0 Å². The molecule has 0 aromatic heterocycles. The first-order valence-corrected chi connectivity index (χ1v) is 3.75. The first-order valence-electron chi connectivity index (χ1n) is 3.75. The van der Waals surface area contributed by atoms with Crippen molar-refractivity contribution in [1.29, 1.82) is 0 Å². The van der Waals surface area contributed by atoms with Gasteiger partial charge in [0, 0.05) is 0 Å². The lowest BCUT2D eigenvalue weighted by atomic mass is 10.1. The van der Waals surface area contributed by atoms with E-state index < -0.39 is 0 Å². The van der Waals surface area contributed by atoms with Crippen molar-refractivity contribution in [3.05, 3.63) is 34.9 Å². The highest BCUT2D eigenvalue weighted by molar-refractivity contribution is 6.13. The van der Waals surface area contributed by atoms with Crippen molar-refractivity contribution in [2.24, 2.45) is 0 Å². The van der Waals surface area contributed by atoms with Gasteiger partial charge in [0.05, 0.1) is 0 Å². The van der Waals surface area contributed by atoms with E-state index in [0.29, 0.717) is 0 Å². The van der Waals surface area contributed by atoms with Gasteiger partial charge in [0.25, 0.3) is 0 Å². The zero-order valence-corrected chi connectivity index (χ0v) is 7.70. The number of hydrogen-bond acceptors (Lipinski definition) is 2. The maximum Gasteiger partial charge on any atom is 0.482 e. The topological polar surface area (TPSA) is 40.5 Å². The summed E-state index contributed by atoms with van der Waals surface area (Å²) in [6, 6.07) is 6.56. The molecule has 0 aliphatic carbocycles. The normalized spacial score (nSPS) is 8.42. The Hall–Kier alpha value is -0.795. The molecule has 1 rings (SSSR count). The predicted molar refractivity (Wildman–Crippen MR) is 50.8 cm³/mol. The van der Waals surface area contributed by atoms with Gasteiger partial charge in [-0.25, -0.2) is 0 Å². The lowest BCUT2D eigenvalue weighted by Crippen LogP contribution is -1.78. The van der Waals surface area contributed by atoms with Crippen LogP contribution in [0.1, 0.15) is 16.7 Å². The van der Waals surface area contributed by atoms with Crippen molar-refractivity contribution in [1.82, 2.24) is 0 Å². The molecule has 0 atom stereocenters. The summed E-state index contributed by atoms with van der Waals surface area (Å²) in [6.07, 6.45) is 0. The molecule has 0 aliphatic rings. The van der Waals surface area contributed by atoms with Crippen molar-refractivity contribution in [2.75, 3.05) is 0 Å². The van der Waals surface area contributed by atoms with E-state index >= 15 is 0 Å². The molecule has 0 saturated carbocycles. The summed E-state index contributed by atoms with van der Waals surface area (Å²) in [5.41, 5.74) is 4.06. The summed E-state index contributed by atoms with van der Waals surface area (Å²) in [4.78, 5) is 0. The number of rotatable bonds is 0. The fourth-order valence-corrected chi connectivity index (χ4v) is 1.20. The average molecular weight is 165 g/mol. The first kappa shape index (κ1) is 11.2. The Balaban J connectivity index is 0.000000354. The molecule has 2 nitrogen and oxygen atoms in total. The Morgan fingerprint density at radius 3 is 1.17 bits per heavy atom. The van der Waals surface area contributed by atoms with Crippen LogP contribution in [0.2, 0.25) is 0 Å². The minimum Gasteiger partial charge on any atom is -0.429 e. The standard InChI is InChI=1S/C9H12.BH2O2/c1-7-4-8(2)6-9(3)5-7;2-1-3/h4-6H,1-3H3;2-3H. The van der Waals surface area contributed by atoms with Crippen LogP contribution in [0.4, 0.5) is 0 Å². The van der Waals surface area contributed by atoms with Gasteiger partial charge in [0.1, 0.15) is 0 Å². The summed E-state index contributed by atoms with van der Waals surface area (Å²) >= 11 is 0. The lowest BCUT2D eigenvalue weighted by molar-refractivity contribution is 0.448. The highest BCUT2D eigenvalue weighted by Gasteiger charge is 1.87. The van der Waals surface area contributed by atoms with Gasteiger partial charge in [0.2, 0.25) is 0 Å². The van der Waals surface area contributed by atoms with Gasteiger partial charge >= 0.3 is 7.69 Å². The molecule has 0 saturated heterocycles. The molecule has 3 heteroatoms. The second-order valence-electron chi connectivity index (χ2n) is 2.78. The van der Waals surface area contributed by atoms with Crippen molar-refractivity contribution in [2.45, 2.75) is 20.8 Å². The third-order valence-corrected chi connectivity index (χ3v) is 1.37. The predicted octanol–water partition coefficient (Wildman–Crippen LogP) is 1.12. The van der Waals surface area contributed by atoms with Gasteiger partial charge in [-0.3, -0.25) is 0 Å². The summed E-state index contributed by atoms with van der Waals surface area (Å²) in [6.45, 7) is 6.38. The monoisotopic (exact) mass is 165 g/mol. The fraction of sp³-hybridized carbons (Fsp3) is 0.333. The van der Waals surface area contributed by atoms with Crippen LogP contribution in [0, 0.1) is 20.8 Å². The molecular formula is C9H14BO2. The highest BCUT2D eigenvalue weighted by atomic mass is 16.4. The van der Waals surface area contributed by atoms with Crippen molar-refractivity contribution < 1.29 is 10.0 Å². The largest absolute Gasteiger partial charge is 0.482 e. The van der Waals surface area contributed by atoms with E-state index in [1.807, 2.05) is 0 Å². The Kier molecular flexibility index (Phi) is 5.42. The summed E-state index contributed by atoms with van der Waals surface area (Å²) < 4.78 is 0. The minimum absolute atomic E-state index is 0. The molecule has 0 heterocycles. The molecular weight excluding hydrogens is 151 g/mol. The van der Waals surface area contributed by atoms with Gasteiger partial charge in [-0.15, -0.1) is 0 Å². The molecule has 1 aromatic carbocycles. The number of aryl methyl sites for hydroxylation is 3. The molecule has 0 aliphatic heterocycles. The van der Waals surface area contributed by atoms with E-state index in [2.05, 4.69) is 39.0 Å². The molecule has 0 amide bonds. The Bertz CT molecular complexity index is 185. The maximum absolute atomic E-state index is 7.00. The number of hydrogen-bond donors (Lipinski definition) is 2. The molecule has 1 aromatic rings. The smallest absolute Gasteiger partial charge is 0.429 e. The summed E-state index contributed by atoms with van der Waals surface area (Å²) in [7, 11) is 0. The van der Waals surface area contributed by atoms with Gasteiger partial charge in [-0.05, 0) is 20.8 Å². The lowest BCUT2D eigenvalue weighted by Gasteiger charge is -1.96. The van der Waals surface area contributed by atoms with Crippen molar-refractivity contribution >= 4 is 7.69 Å². The van der Waals surface area contributed by atoms with Crippen LogP contribution in [-0.4, -0.2) is 17.7 Å². The molecule has 2 N–H and O–H groups in total. The summed E-state index contributed by atoms with van der Waals surface area (Å²) in [5, 5.41) is 14.0. The first-order chi connectivity index (χ1) is 5.60. The van der Waals surface area contributed by atoms with E-state index in [1.165, 1.54) is 16.7 Å². The van der Waals surface area contributed by atoms with Crippen LogP contribution in [0.15, 0.2) is 18.2 Å². The van der Waals surface area contributed by atoms with Crippen LogP contribution in [0.5, 0.6) is 0 Å². The molecule has 0 spiro atoms. The second-order valence-corrected chi connectivity index (χ2v) is 2.78. The maximum atomic E-state index is 7.00. The van der Waals surface area contributed by atoms with E-state index in [0.717, 1.165) is 0 Å². The Morgan fingerprint density at radius 2 is 1.00 bits per heavy atom. The van der Waals surface area contributed by atoms with Crippen LogP contribution < -0.4 is 0 Å². The van der Waals surface area contributed by atoms with E-state index in [4.69, 9.17) is 10.0 Å². The average Bonchev–Trinajstić information content (AvgIpc) is 1.84. The molecule has 0 unspecified atom stereocenters. The SMILES string of the molecule is Cc1cc(C)cc(C)c1.O[B]O. The van der Waals surface area contributed by atoms with E-state index in [9.17, 15) is 0 Å². The van der Waals surface area contributed by atoms with Crippen molar-refractivity contribution in [3.8, 4) is 0 Å². The third kappa shape index (κ3) is 4.94. The molecule has 0 fully saturated rings. The Labute approximate surface area is 74.2 Å². The minimum atomic E-state index is 0. The Morgan fingerprint density at radius 1 is 0.833 bits per heavy atom. The molecule has 0 bridgehead atoms. The van der Waals surface area contributed by atoms with Gasteiger partial charge in [-0.1, -0.05) is 34.9 Å². The highest BCUT2D eigenvalue weighted by Crippen LogP contribution is 2.06. The third-order valence-electron chi connectivity index (χ3n) is 1.37. The zero-order chi connectivity index (χ0) is 9.56. The molecule has 65 valence electrons. The molecule has 12 heavy (non-hydrogen) atoms. The van der Waals surface area contributed by atoms with E-state index in [-0.39, 0.29) is 7.69 Å². The molecule has 1 radical (unpaired) electrons. The van der Waals surface area contributed by atoms with Gasteiger partial charge in [-0.2, -0.15) is 0 Å². The van der Waals surface area contributed by atoms with Crippen molar-refractivity contribution in [3.63, 3.8) is 0 Å². The van der Waals surface area contributed by atoms with Crippen LogP contribution in [0.25, 0.3) is 0 Å². The quantitative estimate of drug-likeness (QED) is 0.565. The number of benzene rings is 1. The zero-order valence-electron chi connectivity index (χ0n) is 7.70. The van der Waals surface area contributed by atoms with Crippen LogP contribution >= 0.6 is 0 Å². The van der Waals surface area contributed by atoms with Crippen LogP contribution in [0.3, 0.4) is 0 Å². The van der Waals surface area contributed by atoms with Crippen LogP contribution in [-0.2, 0) is 0 Å². The van der Waals surface area contributed by atoms with Gasteiger partial charge < -0.3 is 10.0 Å². The summed E-state index contributed by atoms with van der Waals surface area (Å²) in [5.74, 6) is 0. The second kappa shape index (κ2) is 5.80. The fourth-order valence-electron chi connectivity index (χ4n) is 1.20.